The molecule has 0 aliphatic rings. The molecular formula is C13H26N2O3. The number of nitrogens with one attached hydrogen (secondary N) is 1. The predicted molar refractivity (Wildman–Crippen MR) is 71.0 cm³/mol. The summed E-state index contributed by atoms with van der Waals surface area (Å²) in [6.45, 7) is 7.13. The summed E-state index contributed by atoms with van der Waals surface area (Å²) in [4.78, 5) is 23.0. The summed E-state index contributed by atoms with van der Waals surface area (Å²) in [5.74, 6) is -0.591. The van der Waals surface area contributed by atoms with Crippen molar-refractivity contribution >= 4 is 11.7 Å². The van der Waals surface area contributed by atoms with Gasteiger partial charge in [0.1, 0.15) is 11.9 Å². The lowest BCUT2D eigenvalue weighted by molar-refractivity contribution is -0.131. The third-order valence-electron chi connectivity index (χ3n) is 2.87. The number of hydrogen-bond acceptors (Lipinski definition) is 4. The topological polar surface area (TPSA) is 92.4 Å². The van der Waals surface area contributed by atoms with Crippen molar-refractivity contribution in [3.63, 3.8) is 0 Å². The molecule has 0 heterocycles. The van der Waals surface area contributed by atoms with Gasteiger partial charge in [-0.2, -0.15) is 0 Å². The van der Waals surface area contributed by atoms with Crippen LogP contribution < -0.4 is 11.1 Å². The minimum absolute atomic E-state index is 0.0430. The molecule has 0 spiro atoms. The van der Waals surface area contributed by atoms with Crippen molar-refractivity contribution in [1.82, 2.24) is 5.32 Å². The van der Waals surface area contributed by atoms with Crippen molar-refractivity contribution in [2.45, 2.75) is 65.1 Å². The average molecular weight is 258 g/mol. The van der Waals surface area contributed by atoms with Crippen molar-refractivity contribution in [1.29, 1.82) is 0 Å². The molecule has 5 nitrogen and oxygen atoms in total. The van der Waals surface area contributed by atoms with Gasteiger partial charge in [-0.1, -0.05) is 13.3 Å². The second-order valence-corrected chi connectivity index (χ2v) is 5.10. The maximum absolute atomic E-state index is 11.6. The quantitative estimate of drug-likeness (QED) is 0.594. The van der Waals surface area contributed by atoms with Gasteiger partial charge in [-0.15, -0.1) is 0 Å². The van der Waals surface area contributed by atoms with E-state index in [-0.39, 0.29) is 17.7 Å². The van der Waals surface area contributed by atoms with Gasteiger partial charge >= 0.3 is 0 Å². The molecule has 0 saturated carbocycles. The van der Waals surface area contributed by atoms with Gasteiger partial charge in [0.25, 0.3) is 5.91 Å². The van der Waals surface area contributed by atoms with Crippen molar-refractivity contribution in [3.05, 3.63) is 0 Å². The minimum Gasteiger partial charge on any atom is -0.382 e. The second kappa shape index (κ2) is 8.21. The van der Waals surface area contributed by atoms with Gasteiger partial charge < -0.3 is 16.2 Å². The number of amides is 1. The zero-order valence-corrected chi connectivity index (χ0v) is 11.8. The standard InChI is InChI=1S/C13H26N2O3/c1-5-6-10(9(4)16)7-11(14)12(17)13(18)15-8(2)3/h8,10-12,17H,5-7,14H2,1-4H3,(H,15,18). The molecule has 0 aromatic heterocycles. The molecule has 4 N–H and O–H groups in total. The number of aliphatic hydroxyl groups is 1. The fraction of sp³-hybridized carbons (Fsp3) is 0.846. The first-order valence-electron chi connectivity index (χ1n) is 6.54. The third-order valence-corrected chi connectivity index (χ3v) is 2.87. The van der Waals surface area contributed by atoms with Gasteiger partial charge in [-0.25, -0.2) is 0 Å². The smallest absolute Gasteiger partial charge is 0.250 e. The highest BCUT2D eigenvalue weighted by Gasteiger charge is 2.27. The van der Waals surface area contributed by atoms with Crippen molar-refractivity contribution in [2.75, 3.05) is 0 Å². The number of carbonyl (C=O) groups excluding carboxylic acids is 2. The van der Waals surface area contributed by atoms with Gasteiger partial charge in [0.05, 0.1) is 0 Å². The van der Waals surface area contributed by atoms with Crippen LogP contribution in [-0.4, -0.2) is 35.0 Å². The molecule has 1 amide bonds. The first-order chi connectivity index (χ1) is 8.29. The molecule has 0 aliphatic heterocycles. The molecule has 3 atom stereocenters. The normalized spacial score (nSPS) is 16.2. The summed E-state index contributed by atoms with van der Waals surface area (Å²) in [5, 5.41) is 12.4. The van der Waals surface area contributed by atoms with Crippen LogP contribution in [0.3, 0.4) is 0 Å². The molecule has 18 heavy (non-hydrogen) atoms. The number of nitrogens with two attached hydrogens (primary N) is 1. The summed E-state index contributed by atoms with van der Waals surface area (Å²) < 4.78 is 0. The van der Waals surface area contributed by atoms with Crippen LogP contribution in [0.4, 0.5) is 0 Å². The highest BCUT2D eigenvalue weighted by atomic mass is 16.3. The fourth-order valence-corrected chi connectivity index (χ4v) is 1.86. The molecule has 0 radical (unpaired) electrons. The Morgan fingerprint density at radius 2 is 1.89 bits per heavy atom. The molecule has 5 heteroatoms. The van der Waals surface area contributed by atoms with Crippen LogP contribution in [0.2, 0.25) is 0 Å². The zero-order valence-electron chi connectivity index (χ0n) is 11.8. The Labute approximate surface area is 109 Å². The Hall–Kier alpha value is -0.940. The Balaban J connectivity index is 4.40. The van der Waals surface area contributed by atoms with Crippen LogP contribution in [0.1, 0.15) is 47.0 Å². The third kappa shape index (κ3) is 6.12. The molecule has 0 rings (SSSR count). The highest BCUT2D eigenvalue weighted by Crippen LogP contribution is 2.15. The van der Waals surface area contributed by atoms with Crippen LogP contribution in [0.5, 0.6) is 0 Å². The van der Waals surface area contributed by atoms with Crippen LogP contribution in [-0.2, 0) is 9.59 Å². The van der Waals surface area contributed by atoms with E-state index in [1.807, 2.05) is 20.8 Å². The minimum atomic E-state index is -1.26. The van der Waals surface area contributed by atoms with Gasteiger partial charge in [-0.05, 0) is 33.6 Å². The molecule has 0 aliphatic carbocycles. The van der Waals surface area contributed by atoms with E-state index in [4.69, 9.17) is 5.73 Å². The summed E-state index contributed by atoms with van der Waals surface area (Å²) in [6, 6.07) is -0.747. The van der Waals surface area contributed by atoms with E-state index in [9.17, 15) is 14.7 Å². The molecule has 106 valence electrons. The molecular weight excluding hydrogens is 232 g/mol. The van der Waals surface area contributed by atoms with E-state index in [0.29, 0.717) is 6.42 Å². The SMILES string of the molecule is CCCC(CC(N)C(O)C(=O)NC(C)C)C(C)=O. The molecule has 0 aromatic rings. The Kier molecular flexibility index (Phi) is 7.78. The number of ketones is 1. The highest BCUT2D eigenvalue weighted by molar-refractivity contribution is 5.82. The van der Waals surface area contributed by atoms with E-state index in [1.165, 1.54) is 6.92 Å². The van der Waals surface area contributed by atoms with Crippen LogP contribution in [0.25, 0.3) is 0 Å². The lowest BCUT2D eigenvalue weighted by atomic mass is 9.90. The lowest BCUT2D eigenvalue weighted by Gasteiger charge is -2.23. The van der Waals surface area contributed by atoms with Crippen molar-refractivity contribution in [3.8, 4) is 0 Å². The van der Waals surface area contributed by atoms with E-state index in [0.717, 1.165) is 12.8 Å². The van der Waals surface area contributed by atoms with E-state index >= 15 is 0 Å². The fourth-order valence-electron chi connectivity index (χ4n) is 1.86. The summed E-state index contributed by atoms with van der Waals surface area (Å²) >= 11 is 0. The number of carbonyl (C=O) groups is 2. The zero-order chi connectivity index (χ0) is 14.3. The van der Waals surface area contributed by atoms with Gasteiger partial charge in [0.15, 0.2) is 0 Å². The maximum atomic E-state index is 11.6. The number of rotatable bonds is 8. The van der Waals surface area contributed by atoms with Crippen molar-refractivity contribution in [2.24, 2.45) is 11.7 Å². The van der Waals surface area contributed by atoms with Gasteiger partial charge in [0, 0.05) is 18.0 Å². The Bertz CT molecular complexity index is 279. The number of Topliss-reactive ketones (excluding diaryl/α,β-unsaturated/α-hetero) is 1. The molecule has 0 saturated heterocycles. The largest absolute Gasteiger partial charge is 0.382 e. The Morgan fingerprint density at radius 1 is 1.33 bits per heavy atom. The first-order valence-corrected chi connectivity index (χ1v) is 6.54. The molecule has 3 unspecified atom stereocenters. The summed E-state index contributed by atoms with van der Waals surface area (Å²) in [7, 11) is 0. The van der Waals surface area contributed by atoms with Crippen LogP contribution >= 0.6 is 0 Å². The molecule has 0 aromatic carbocycles. The van der Waals surface area contributed by atoms with E-state index in [1.54, 1.807) is 0 Å². The number of aliphatic hydroxyl groups excluding tert-OH is 1. The monoisotopic (exact) mass is 258 g/mol. The Morgan fingerprint density at radius 3 is 2.28 bits per heavy atom. The van der Waals surface area contributed by atoms with E-state index < -0.39 is 18.1 Å². The second-order valence-electron chi connectivity index (χ2n) is 5.10. The summed E-state index contributed by atoms with van der Waals surface area (Å²) in [5.41, 5.74) is 5.80. The average Bonchev–Trinajstić information content (AvgIpc) is 2.26. The first kappa shape index (κ1) is 17.1. The van der Waals surface area contributed by atoms with Crippen molar-refractivity contribution < 1.29 is 14.7 Å². The predicted octanol–water partition coefficient (Wildman–Crippen LogP) is 0.595. The van der Waals surface area contributed by atoms with Gasteiger partial charge in [-0.3, -0.25) is 9.59 Å². The lowest BCUT2D eigenvalue weighted by Crippen LogP contribution is -2.49. The molecule has 0 fully saturated rings. The van der Waals surface area contributed by atoms with Crippen LogP contribution in [0, 0.1) is 5.92 Å². The molecule has 0 bridgehead atoms. The van der Waals surface area contributed by atoms with E-state index in [2.05, 4.69) is 5.32 Å². The maximum Gasteiger partial charge on any atom is 0.250 e. The van der Waals surface area contributed by atoms with Crippen LogP contribution in [0.15, 0.2) is 0 Å². The summed E-state index contributed by atoms with van der Waals surface area (Å²) in [6.07, 6.45) is 0.703. The van der Waals surface area contributed by atoms with Gasteiger partial charge in [0.2, 0.25) is 0 Å². The number of hydrogen-bond donors (Lipinski definition) is 3.